The summed E-state index contributed by atoms with van der Waals surface area (Å²) >= 11 is 0. The molecule has 0 bridgehead atoms. The van der Waals surface area contributed by atoms with Crippen molar-refractivity contribution >= 4 is 13.8 Å². The summed E-state index contributed by atoms with van der Waals surface area (Å²) in [6.45, 7) is -0.814. The molecular formula is C6H9O9P. The molecule has 0 spiro atoms. The Morgan fingerprint density at radius 1 is 1.50 bits per heavy atom. The zero-order chi connectivity index (χ0) is 12.5. The van der Waals surface area contributed by atoms with Crippen molar-refractivity contribution in [3.8, 4) is 0 Å². The molecule has 1 aliphatic heterocycles. The van der Waals surface area contributed by atoms with E-state index in [9.17, 15) is 14.5 Å². The fourth-order valence-corrected chi connectivity index (χ4v) is 1.42. The number of phosphoric acid groups is 1. The third kappa shape index (κ3) is 2.71. The summed E-state index contributed by atoms with van der Waals surface area (Å²) in [4.78, 5) is 27.8. The summed E-state index contributed by atoms with van der Waals surface area (Å²) in [6, 6.07) is 0. The minimum atomic E-state index is -5.02. The van der Waals surface area contributed by atoms with Crippen molar-refractivity contribution in [2.24, 2.45) is 0 Å². The predicted molar refractivity (Wildman–Crippen MR) is 45.8 cm³/mol. The van der Waals surface area contributed by atoms with Crippen molar-refractivity contribution in [2.45, 2.75) is 12.2 Å². The lowest BCUT2D eigenvalue weighted by Gasteiger charge is -2.13. The van der Waals surface area contributed by atoms with Crippen molar-refractivity contribution in [1.29, 1.82) is 0 Å². The zero-order valence-electron chi connectivity index (χ0n) is 7.68. The molecule has 1 aliphatic rings. The van der Waals surface area contributed by atoms with Crippen molar-refractivity contribution < 1.29 is 43.7 Å². The van der Waals surface area contributed by atoms with Gasteiger partial charge >= 0.3 is 13.8 Å². The van der Waals surface area contributed by atoms with Gasteiger partial charge in [0.1, 0.15) is 6.10 Å². The number of ether oxygens (including phenoxy) is 1. The van der Waals surface area contributed by atoms with Crippen LogP contribution in [0.15, 0.2) is 11.5 Å². The highest BCUT2D eigenvalue weighted by Gasteiger charge is 2.42. The molecule has 1 heterocycles. The van der Waals surface area contributed by atoms with Crippen LogP contribution in [0.4, 0.5) is 0 Å². The number of esters is 1. The standard InChI is InChI=1S/C6H9O9P/c7-1-2(8)4-3(9)5(6(10)14-4)15-16(11,12)13/h2,4,7-9H,1H2,(H2,11,12,13)/t2-,4-/m1/s1. The highest BCUT2D eigenvalue weighted by Crippen LogP contribution is 2.42. The molecule has 16 heavy (non-hydrogen) atoms. The Bertz CT molecular complexity index is 368. The number of cyclic esters (lactones) is 1. The third-order valence-corrected chi connectivity index (χ3v) is 2.09. The lowest BCUT2D eigenvalue weighted by Crippen LogP contribution is -2.31. The molecule has 0 aromatic rings. The average Bonchev–Trinajstić information content (AvgIpc) is 2.42. The van der Waals surface area contributed by atoms with Gasteiger partial charge in [-0.2, -0.15) is 0 Å². The highest BCUT2D eigenvalue weighted by molar-refractivity contribution is 7.46. The molecule has 0 saturated heterocycles. The largest absolute Gasteiger partial charge is 0.525 e. The molecule has 0 amide bonds. The van der Waals surface area contributed by atoms with Crippen LogP contribution in [0.25, 0.3) is 0 Å². The second-order valence-electron chi connectivity index (χ2n) is 2.87. The Morgan fingerprint density at radius 3 is 2.50 bits per heavy atom. The number of phosphoric ester groups is 1. The van der Waals surface area contributed by atoms with E-state index in [2.05, 4.69) is 9.26 Å². The first-order chi connectivity index (χ1) is 7.26. The first-order valence-corrected chi connectivity index (χ1v) is 5.47. The third-order valence-electron chi connectivity index (χ3n) is 1.67. The van der Waals surface area contributed by atoms with E-state index in [1.807, 2.05) is 0 Å². The molecule has 92 valence electrons. The molecule has 0 fully saturated rings. The van der Waals surface area contributed by atoms with Gasteiger partial charge in [0, 0.05) is 0 Å². The number of hydrogen-bond acceptors (Lipinski definition) is 7. The van der Waals surface area contributed by atoms with E-state index >= 15 is 0 Å². The maximum atomic E-state index is 11.0. The second-order valence-corrected chi connectivity index (χ2v) is 4.04. The van der Waals surface area contributed by atoms with E-state index in [1.165, 1.54) is 0 Å². The highest BCUT2D eigenvalue weighted by atomic mass is 31.2. The molecule has 0 aromatic carbocycles. The molecule has 0 saturated carbocycles. The fraction of sp³-hybridized carbons (Fsp3) is 0.500. The number of carbonyl (C=O) groups excluding carboxylic acids is 1. The second kappa shape index (κ2) is 4.40. The molecule has 0 aliphatic carbocycles. The van der Waals surface area contributed by atoms with Crippen LogP contribution in [0, 0.1) is 0 Å². The molecule has 0 radical (unpaired) electrons. The number of hydrogen-bond donors (Lipinski definition) is 5. The lowest BCUT2D eigenvalue weighted by atomic mass is 10.2. The van der Waals surface area contributed by atoms with Crippen LogP contribution in [-0.2, 0) is 18.6 Å². The van der Waals surface area contributed by atoms with Gasteiger partial charge < -0.3 is 24.6 Å². The average molecular weight is 256 g/mol. The smallest absolute Gasteiger partial charge is 0.505 e. The van der Waals surface area contributed by atoms with Crippen molar-refractivity contribution in [3.63, 3.8) is 0 Å². The van der Waals surface area contributed by atoms with Crippen LogP contribution in [0.2, 0.25) is 0 Å². The van der Waals surface area contributed by atoms with Gasteiger partial charge in [-0.15, -0.1) is 0 Å². The molecular weight excluding hydrogens is 247 g/mol. The number of aliphatic hydroxyl groups excluding tert-OH is 3. The Kier molecular flexibility index (Phi) is 3.56. The molecule has 0 aromatic heterocycles. The lowest BCUT2D eigenvalue weighted by molar-refractivity contribution is -0.147. The molecule has 9 nitrogen and oxygen atoms in total. The van der Waals surface area contributed by atoms with Crippen LogP contribution in [0.1, 0.15) is 0 Å². The van der Waals surface area contributed by atoms with Gasteiger partial charge in [0.2, 0.25) is 0 Å². The minimum Gasteiger partial charge on any atom is -0.505 e. The molecule has 0 unspecified atom stereocenters. The summed E-state index contributed by atoms with van der Waals surface area (Å²) < 4.78 is 18.7. The van der Waals surface area contributed by atoms with E-state index < -0.39 is 44.1 Å². The van der Waals surface area contributed by atoms with E-state index in [1.54, 1.807) is 0 Å². The van der Waals surface area contributed by atoms with E-state index in [0.717, 1.165) is 0 Å². The van der Waals surface area contributed by atoms with Crippen molar-refractivity contribution in [2.75, 3.05) is 6.61 Å². The maximum Gasteiger partial charge on any atom is 0.525 e. The summed E-state index contributed by atoms with van der Waals surface area (Å²) in [5, 5.41) is 26.9. The molecule has 5 N–H and O–H groups in total. The Hall–Kier alpha value is -1.12. The van der Waals surface area contributed by atoms with E-state index in [4.69, 9.17) is 20.0 Å². The molecule has 10 heteroatoms. The topological polar surface area (TPSA) is 154 Å². The van der Waals surface area contributed by atoms with Crippen molar-refractivity contribution in [1.82, 2.24) is 0 Å². The first kappa shape index (κ1) is 12.9. The van der Waals surface area contributed by atoms with E-state index in [-0.39, 0.29) is 0 Å². The van der Waals surface area contributed by atoms with Crippen LogP contribution in [0.3, 0.4) is 0 Å². The maximum absolute atomic E-state index is 11.0. The van der Waals surface area contributed by atoms with Crippen LogP contribution < -0.4 is 0 Å². The Balaban J connectivity index is 2.94. The van der Waals surface area contributed by atoms with Crippen LogP contribution >= 0.6 is 7.82 Å². The van der Waals surface area contributed by atoms with Crippen molar-refractivity contribution in [3.05, 3.63) is 11.5 Å². The van der Waals surface area contributed by atoms with Gasteiger partial charge in [-0.1, -0.05) is 0 Å². The predicted octanol–water partition coefficient (Wildman–Crippen LogP) is -1.86. The summed E-state index contributed by atoms with van der Waals surface area (Å²) in [5.74, 6) is -3.39. The van der Waals surface area contributed by atoms with Crippen LogP contribution in [-0.4, -0.2) is 49.9 Å². The van der Waals surface area contributed by atoms with Gasteiger partial charge in [-0.05, 0) is 0 Å². The van der Waals surface area contributed by atoms with Gasteiger partial charge in [0.15, 0.2) is 11.9 Å². The van der Waals surface area contributed by atoms with Gasteiger partial charge in [-0.25, -0.2) is 9.36 Å². The normalized spacial score (nSPS) is 23.2. The zero-order valence-corrected chi connectivity index (χ0v) is 8.57. The fourth-order valence-electron chi connectivity index (χ4n) is 1.02. The molecule has 2 atom stereocenters. The van der Waals surface area contributed by atoms with Crippen LogP contribution in [0.5, 0.6) is 0 Å². The van der Waals surface area contributed by atoms with Gasteiger partial charge in [0.05, 0.1) is 6.61 Å². The summed E-state index contributed by atoms with van der Waals surface area (Å²) in [5.41, 5.74) is 0. The van der Waals surface area contributed by atoms with Gasteiger partial charge in [0.25, 0.3) is 5.76 Å². The Morgan fingerprint density at radius 2 is 2.06 bits per heavy atom. The monoisotopic (exact) mass is 256 g/mol. The summed E-state index contributed by atoms with van der Waals surface area (Å²) in [7, 11) is -5.02. The van der Waals surface area contributed by atoms with E-state index in [0.29, 0.717) is 0 Å². The number of aliphatic hydroxyl groups is 3. The van der Waals surface area contributed by atoms with Gasteiger partial charge in [-0.3, -0.25) is 9.79 Å². The first-order valence-electron chi connectivity index (χ1n) is 3.94. The minimum absolute atomic E-state index is 0.814. The molecule has 1 rings (SSSR count). The summed E-state index contributed by atoms with van der Waals surface area (Å²) in [6.07, 6.45) is -3.21. The Labute approximate surface area is 88.8 Å². The SMILES string of the molecule is O=C1O[C@H]([C@H](O)CO)C(O)=C1OP(=O)(O)O. The quantitative estimate of drug-likeness (QED) is 0.288. The number of carbonyl (C=O) groups is 1. The number of rotatable bonds is 4.